The summed E-state index contributed by atoms with van der Waals surface area (Å²) in [6.45, 7) is -0.754. The summed E-state index contributed by atoms with van der Waals surface area (Å²) < 4.78 is 2.47. The monoisotopic (exact) mass is 335 g/mol. The minimum Gasteiger partial charge on any atom is -0.548 e. The highest BCUT2D eigenvalue weighted by Crippen LogP contribution is 2.04. The van der Waals surface area contributed by atoms with Gasteiger partial charge in [0, 0.05) is 35.1 Å². The summed E-state index contributed by atoms with van der Waals surface area (Å²) in [5, 5.41) is 24.9. The fourth-order valence-electron chi connectivity index (χ4n) is 1.26. The molecule has 12 heteroatoms. The van der Waals surface area contributed by atoms with E-state index in [1.807, 2.05) is 5.32 Å². The SMILES string of the molecule is [NH3+][C@@H](CCC(=O)N[C@@H](CSN=O)C(=O)NCC(=O)[O-])C(=O)[O-]. The summed E-state index contributed by atoms with van der Waals surface area (Å²) in [7, 11) is 0. The standard InChI is InChI=1S/C10H16N4O7S/c11-5(10(19)20)1-2-7(15)13-6(4-22-14-21)9(18)12-3-8(16)17/h5-6H,1-4,11H2,(H,12,18)(H,13,15)(H,16,17)(H,19,20)/p-1/t5-,6-/m0/s1. The number of nitrogens with one attached hydrogen (secondary N) is 2. The molecular weight excluding hydrogens is 320 g/mol. The second kappa shape index (κ2) is 10.5. The van der Waals surface area contributed by atoms with Gasteiger partial charge in [-0.05, 0) is 0 Å². The lowest BCUT2D eigenvalue weighted by Crippen LogP contribution is -2.68. The number of carboxylic acids is 2. The Morgan fingerprint density at radius 3 is 2.36 bits per heavy atom. The zero-order valence-corrected chi connectivity index (χ0v) is 12.2. The molecule has 0 bridgehead atoms. The molecule has 0 unspecified atom stereocenters. The summed E-state index contributed by atoms with van der Waals surface area (Å²) in [6, 6.07) is -2.28. The van der Waals surface area contributed by atoms with E-state index >= 15 is 0 Å². The zero-order valence-electron chi connectivity index (χ0n) is 11.4. The second-order valence-corrected chi connectivity index (χ2v) is 4.88. The fraction of sp³-hybridized carbons (Fsp3) is 0.600. The first-order chi connectivity index (χ1) is 10.3. The van der Waals surface area contributed by atoms with E-state index < -0.39 is 42.4 Å². The molecule has 0 radical (unpaired) electrons. The number of aliphatic carboxylic acids is 2. The van der Waals surface area contributed by atoms with Crippen LogP contribution in [0.15, 0.2) is 4.58 Å². The minimum absolute atomic E-state index is 0.0966. The molecule has 2 amide bonds. The Bertz CT molecular complexity index is 445. The Hall–Kier alpha value is -2.21. The van der Waals surface area contributed by atoms with Crippen LogP contribution >= 0.6 is 11.9 Å². The van der Waals surface area contributed by atoms with Gasteiger partial charge in [0.15, 0.2) is 0 Å². The Labute approximate surface area is 129 Å². The van der Waals surface area contributed by atoms with E-state index in [4.69, 9.17) is 0 Å². The first kappa shape index (κ1) is 19.8. The van der Waals surface area contributed by atoms with Crippen molar-refractivity contribution < 1.29 is 35.1 Å². The number of nitrogens with zero attached hydrogens (tertiary/aromatic N) is 1. The molecule has 0 saturated carbocycles. The van der Waals surface area contributed by atoms with E-state index in [0.29, 0.717) is 11.9 Å². The Balaban J connectivity index is 4.46. The lowest BCUT2D eigenvalue weighted by atomic mass is 10.1. The van der Waals surface area contributed by atoms with Crippen LogP contribution in [0.25, 0.3) is 0 Å². The van der Waals surface area contributed by atoms with Crippen LogP contribution in [-0.4, -0.2) is 48.1 Å². The van der Waals surface area contributed by atoms with E-state index in [0.717, 1.165) is 0 Å². The van der Waals surface area contributed by atoms with Gasteiger partial charge in [-0.25, -0.2) is 0 Å². The van der Waals surface area contributed by atoms with E-state index in [1.165, 1.54) is 0 Å². The normalized spacial score (nSPS) is 12.8. The second-order valence-electron chi connectivity index (χ2n) is 4.13. The van der Waals surface area contributed by atoms with Gasteiger partial charge in [-0.2, -0.15) is 0 Å². The quantitative estimate of drug-likeness (QED) is 0.246. The van der Waals surface area contributed by atoms with Crippen molar-refractivity contribution in [2.75, 3.05) is 12.3 Å². The van der Waals surface area contributed by atoms with Crippen molar-refractivity contribution in [3.63, 3.8) is 0 Å². The summed E-state index contributed by atoms with van der Waals surface area (Å²) in [5.74, 6) is -4.62. The molecular formula is C10H15N4O7S-. The third-order valence-electron chi connectivity index (χ3n) is 2.41. The fourth-order valence-corrected chi connectivity index (χ4v) is 1.70. The van der Waals surface area contributed by atoms with Crippen molar-refractivity contribution in [1.82, 2.24) is 10.6 Å². The molecule has 11 nitrogen and oxygen atoms in total. The van der Waals surface area contributed by atoms with Crippen LogP contribution < -0.4 is 26.6 Å². The van der Waals surface area contributed by atoms with Gasteiger partial charge in [-0.1, -0.05) is 0 Å². The van der Waals surface area contributed by atoms with Crippen LogP contribution in [0.4, 0.5) is 0 Å². The van der Waals surface area contributed by atoms with E-state index in [1.54, 1.807) is 0 Å². The summed E-state index contributed by atoms with van der Waals surface area (Å²) in [6.07, 6.45) is -0.327. The van der Waals surface area contributed by atoms with E-state index in [2.05, 4.69) is 15.6 Å². The van der Waals surface area contributed by atoms with Gasteiger partial charge in [0.05, 0.1) is 18.5 Å². The molecule has 124 valence electrons. The van der Waals surface area contributed by atoms with Crippen LogP contribution in [0.3, 0.4) is 0 Å². The molecule has 2 atom stereocenters. The van der Waals surface area contributed by atoms with Gasteiger partial charge in [0.25, 0.3) is 0 Å². The molecule has 0 aromatic rings. The van der Waals surface area contributed by atoms with Crippen molar-refractivity contribution >= 4 is 35.7 Å². The smallest absolute Gasteiger partial charge is 0.243 e. The van der Waals surface area contributed by atoms with Crippen molar-refractivity contribution in [1.29, 1.82) is 0 Å². The average Bonchev–Trinajstić information content (AvgIpc) is 2.46. The maximum Gasteiger partial charge on any atom is 0.243 e. The molecule has 0 aliphatic carbocycles. The Morgan fingerprint density at radius 2 is 1.86 bits per heavy atom. The van der Waals surface area contributed by atoms with Crippen molar-refractivity contribution in [3.05, 3.63) is 4.91 Å². The summed E-state index contributed by atoms with van der Waals surface area (Å²) in [5.41, 5.74) is 3.27. The number of rotatable bonds is 11. The Kier molecular flexibility index (Phi) is 9.45. The number of quaternary nitrogens is 1. The molecule has 0 aromatic carbocycles. The van der Waals surface area contributed by atoms with Crippen LogP contribution in [0.2, 0.25) is 0 Å². The number of carboxylic acid groups (broad SMARTS) is 2. The number of hydrogen-bond acceptors (Lipinski definition) is 9. The summed E-state index contributed by atoms with van der Waals surface area (Å²) in [4.78, 5) is 54.0. The van der Waals surface area contributed by atoms with Gasteiger partial charge in [0.1, 0.15) is 12.1 Å². The first-order valence-electron chi connectivity index (χ1n) is 6.03. The molecule has 0 spiro atoms. The predicted molar refractivity (Wildman–Crippen MR) is 69.1 cm³/mol. The topological polar surface area (TPSA) is 196 Å². The summed E-state index contributed by atoms with van der Waals surface area (Å²) >= 11 is 0.464. The minimum atomic E-state index is -1.52. The molecule has 0 aliphatic rings. The molecule has 22 heavy (non-hydrogen) atoms. The van der Waals surface area contributed by atoms with Crippen molar-refractivity contribution in [2.24, 2.45) is 4.58 Å². The van der Waals surface area contributed by atoms with Crippen LogP contribution in [0.1, 0.15) is 12.8 Å². The Morgan fingerprint density at radius 1 is 1.23 bits per heavy atom. The van der Waals surface area contributed by atoms with Gasteiger partial charge in [0.2, 0.25) is 11.8 Å². The molecule has 0 fully saturated rings. The zero-order chi connectivity index (χ0) is 17.1. The van der Waals surface area contributed by atoms with Crippen LogP contribution in [0, 0.1) is 4.91 Å². The maximum absolute atomic E-state index is 11.6. The molecule has 0 aromatic heterocycles. The highest BCUT2D eigenvalue weighted by atomic mass is 32.2. The van der Waals surface area contributed by atoms with Crippen molar-refractivity contribution in [2.45, 2.75) is 24.9 Å². The molecule has 0 saturated heterocycles. The van der Waals surface area contributed by atoms with E-state index in [-0.39, 0.29) is 18.6 Å². The lowest BCUT2D eigenvalue weighted by molar-refractivity contribution is -0.438. The largest absolute Gasteiger partial charge is 0.548 e. The number of amides is 2. The third-order valence-corrected chi connectivity index (χ3v) is 2.99. The molecule has 0 rings (SSSR count). The van der Waals surface area contributed by atoms with Gasteiger partial charge < -0.3 is 36.2 Å². The number of carbonyl (C=O) groups excluding carboxylic acids is 4. The molecule has 5 N–H and O–H groups in total. The predicted octanol–water partition coefficient (Wildman–Crippen LogP) is -5.11. The number of hydrogen-bond donors (Lipinski definition) is 3. The highest BCUT2D eigenvalue weighted by molar-refractivity contribution is 7.97. The highest BCUT2D eigenvalue weighted by Gasteiger charge is 2.21. The maximum atomic E-state index is 11.6. The van der Waals surface area contributed by atoms with E-state index in [9.17, 15) is 34.3 Å². The van der Waals surface area contributed by atoms with Crippen LogP contribution in [0.5, 0.6) is 0 Å². The van der Waals surface area contributed by atoms with Gasteiger partial charge >= 0.3 is 0 Å². The van der Waals surface area contributed by atoms with Gasteiger partial charge in [-0.15, -0.1) is 4.91 Å². The third kappa shape index (κ3) is 8.86. The molecule has 0 heterocycles. The lowest BCUT2D eigenvalue weighted by Gasteiger charge is -2.17. The van der Waals surface area contributed by atoms with Gasteiger partial charge in [-0.3, -0.25) is 9.59 Å². The molecule has 0 aliphatic heterocycles. The first-order valence-corrected chi connectivity index (χ1v) is 6.97. The number of carbonyl (C=O) groups is 4. The van der Waals surface area contributed by atoms with Crippen molar-refractivity contribution in [3.8, 4) is 0 Å². The van der Waals surface area contributed by atoms with Crippen LogP contribution in [-0.2, 0) is 19.2 Å². The average molecular weight is 335 g/mol. The number of nitroso groups, excluding NO2 is 1.